The number of carboxylic acids is 4. The summed E-state index contributed by atoms with van der Waals surface area (Å²) in [6.07, 6.45) is 0.758. The number of rotatable bonds is 12. The van der Waals surface area contributed by atoms with E-state index in [0.717, 1.165) is 0 Å². The highest BCUT2D eigenvalue weighted by Crippen LogP contribution is 2.39. The highest BCUT2D eigenvalue weighted by molar-refractivity contribution is 5.92. The molecule has 0 aliphatic heterocycles. The van der Waals surface area contributed by atoms with Gasteiger partial charge in [0.1, 0.15) is 36.2 Å². The van der Waals surface area contributed by atoms with E-state index in [1.807, 2.05) is 48.5 Å². The van der Waals surface area contributed by atoms with Crippen molar-refractivity contribution in [1.82, 2.24) is 19.9 Å². The molecule has 0 saturated carbocycles. The molecule has 1 aliphatic rings. The largest absolute Gasteiger partial charge is 0.507 e. The average Bonchev–Trinajstić information content (AvgIpc) is 3.35. The molecule has 0 saturated heterocycles. The molecule has 0 radical (unpaired) electrons. The molecule has 0 spiro atoms. The van der Waals surface area contributed by atoms with E-state index in [1.54, 1.807) is 38.1 Å². The first-order valence-corrected chi connectivity index (χ1v) is 22.6. The normalized spacial score (nSPS) is 11.9. The third-order valence-corrected chi connectivity index (χ3v) is 12.2. The van der Waals surface area contributed by atoms with E-state index >= 15 is 0 Å². The second-order valence-electron chi connectivity index (χ2n) is 17.4. The number of hydrogen-bond acceptors (Lipinski definition) is 12. The topological polar surface area (TPSA) is 260 Å². The van der Waals surface area contributed by atoms with Crippen LogP contribution in [0.3, 0.4) is 0 Å². The molecule has 0 atom stereocenters. The fourth-order valence-electron chi connectivity index (χ4n) is 8.86. The molecule has 360 valence electrons. The fourth-order valence-corrected chi connectivity index (χ4v) is 8.86. The number of ether oxygens (including phenoxy) is 2. The summed E-state index contributed by atoms with van der Waals surface area (Å²) in [7, 11) is 0. The molecule has 72 heavy (non-hydrogen) atoms. The van der Waals surface area contributed by atoms with Gasteiger partial charge >= 0.3 is 23.9 Å². The van der Waals surface area contributed by atoms with Gasteiger partial charge in [0.15, 0.2) is 0 Å². The van der Waals surface area contributed by atoms with Crippen LogP contribution in [-0.2, 0) is 38.9 Å². The van der Waals surface area contributed by atoms with Crippen molar-refractivity contribution in [3.8, 4) is 45.8 Å². The van der Waals surface area contributed by atoms with E-state index in [1.165, 1.54) is 48.5 Å². The van der Waals surface area contributed by atoms with Crippen LogP contribution in [0.1, 0.15) is 109 Å². The van der Waals surface area contributed by atoms with Crippen molar-refractivity contribution >= 4 is 23.9 Å². The van der Waals surface area contributed by atoms with Crippen molar-refractivity contribution in [2.45, 2.75) is 52.7 Å². The van der Waals surface area contributed by atoms with Crippen molar-refractivity contribution in [1.29, 1.82) is 0 Å². The molecule has 16 heteroatoms. The second kappa shape index (κ2) is 19.9. The third-order valence-electron chi connectivity index (χ3n) is 12.2. The third kappa shape index (κ3) is 10.3. The first kappa shape index (κ1) is 47.6. The highest BCUT2D eigenvalue weighted by Gasteiger charge is 2.23. The summed E-state index contributed by atoms with van der Waals surface area (Å²) in [6.45, 7) is 2.84. The number of phenolic OH excluding ortho intramolecular Hbond substituents is 2. The van der Waals surface area contributed by atoms with Crippen LogP contribution >= 0.6 is 0 Å². The lowest BCUT2D eigenvalue weighted by molar-refractivity contribution is 0.0685. The Kier molecular flexibility index (Phi) is 13.2. The van der Waals surface area contributed by atoms with Crippen LogP contribution in [0.5, 0.6) is 23.0 Å². The Morgan fingerprint density at radius 1 is 0.403 bits per heavy atom. The van der Waals surface area contributed by atoms with E-state index in [4.69, 9.17) is 9.47 Å². The van der Waals surface area contributed by atoms with Gasteiger partial charge in [-0.3, -0.25) is 9.97 Å². The minimum atomic E-state index is -1.23. The Morgan fingerprint density at radius 3 is 0.958 bits per heavy atom. The molecule has 8 aromatic rings. The molecule has 16 nitrogen and oxygen atoms in total. The van der Waals surface area contributed by atoms with Gasteiger partial charge in [-0.25, -0.2) is 29.1 Å². The number of phenols is 2. The number of hydrogen-bond donors (Lipinski definition) is 6. The molecule has 4 heterocycles. The molecule has 0 unspecified atom stereocenters. The molecule has 8 bridgehead atoms. The van der Waals surface area contributed by atoms with Gasteiger partial charge < -0.3 is 40.1 Å². The number of aryl methyl sites for hydroxylation is 2. The number of fused-ring (bicyclic) bond motifs is 8. The van der Waals surface area contributed by atoms with Crippen LogP contribution in [0.15, 0.2) is 121 Å². The number of carbonyl (C=O) groups is 4. The molecular weight excluding hydrogens is 921 g/mol. The van der Waals surface area contributed by atoms with E-state index < -0.39 is 23.9 Å². The molecular formula is C56H44N4O12. The van der Waals surface area contributed by atoms with Gasteiger partial charge in [0, 0.05) is 37.1 Å². The van der Waals surface area contributed by atoms with E-state index in [2.05, 4.69) is 19.9 Å². The SMILES string of the molecule is Cc1cc(C(=O)O)cc(-c2cc(C(=O)O)cc(COc3c4cccc3Cc3cccc(c3O)Cc3cccc(c3OCc3cc(C(=O)O)cc(-c5cc(C(=O)O)cc(C)n5)n3)Cc3cccc(c3O)C4)n2)n1. The van der Waals surface area contributed by atoms with Crippen molar-refractivity contribution in [3.63, 3.8) is 0 Å². The van der Waals surface area contributed by atoms with Crippen molar-refractivity contribution in [2.24, 2.45) is 0 Å². The maximum atomic E-state index is 12.4. The number of carboxylic acid groups (broad SMARTS) is 4. The number of para-hydroxylation sites is 4. The average molecular weight is 965 g/mol. The Balaban J connectivity index is 1.09. The van der Waals surface area contributed by atoms with Crippen molar-refractivity contribution < 1.29 is 59.3 Å². The van der Waals surface area contributed by atoms with Crippen LogP contribution in [0.2, 0.25) is 0 Å². The van der Waals surface area contributed by atoms with Crippen LogP contribution in [0, 0.1) is 13.8 Å². The first-order chi connectivity index (χ1) is 34.6. The number of nitrogens with zero attached hydrogens (tertiary/aromatic N) is 4. The van der Waals surface area contributed by atoms with Gasteiger partial charge in [-0.05, 0) is 107 Å². The van der Waals surface area contributed by atoms with Gasteiger partial charge in [0.2, 0.25) is 0 Å². The number of benzene rings is 4. The summed E-state index contributed by atoms with van der Waals surface area (Å²) in [5.41, 5.74) is 6.56. The Labute approximate surface area is 411 Å². The van der Waals surface area contributed by atoms with Gasteiger partial charge in [-0.1, -0.05) is 72.8 Å². The summed E-state index contributed by atoms with van der Waals surface area (Å²) < 4.78 is 13.2. The zero-order valence-electron chi connectivity index (χ0n) is 38.7. The summed E-state index contributed by atoms with van der Waals surface area (Å²) in [6, 6.07) is 32.9. The summed E-state index contributed by atoms with van der Waals surface area (Å²) in [5.74, 6) is -3.91. The maximum absolute atomic E-state index is 12.4. The summed E-state index contributed by atoms with van der Waals surface area (Å²) in [4.78, 5) is 66.7. The van der Waals surface area contributed by atoms with Gasteiger partial charge in [-0.15, -0.1) is 0 Å². The summed E-state index contributed by atoms with van der Waals surface area (Å²) in [5, 5.41) is 63.6. The molecule has 4 aromatic heterocycles. The number of aromatic carboxylic acids is 4. The lowest BCUT2D eigenvalue weighted by Crippen LogP contribution is -2.09. The Morgan fingerprint density at radius 2 is 0.667 bits per heavy atom. The number of aromatic hydroxyl groups is 2. The second-order valence-corrected chi connectivity index (χ2v) is 17.4. The van der Waals surface area contributed by atoms with Crippen molar-refractivity contribution in [3.05, 3.63) is 211 Å². The zero-order valence-corrected chi connectivity index (χ0v) is 38.7. The van der Waals surface area contributed by atoms with Gasteiger partial charge in [0.25, 0.3) is 0 Å². The van der Waals surface area contributed by atoms with E-state index in [0.29, 0.717) is 67.4 Å². The smallest absolute Gasteiger partial charge is 0.335 e. The minimum Gasteiger partial charge on any atom is -0.507 e. The zero-order chi connectivity index (χ0) is 50.8. The lowest BCUT2D eigenvalue weighted by atomic mass is 9.91. The highest BCUT2D eigenvalue weighted by atomic mass is 16.5. The minimum absolute atomic E-state index is 0.0267. The fraction of sp³-hybridized carbons (Fsp3) is 0.143. The Hall–Kier alpha value is -9.44. The number of aromatic nitrogens is 4. The van der Waals surface area contributed by atoms with Crippen LogP contribution in [-0.4, -0.2) is 74.5 Å². The molecule has 9 rings (SSSR count). The predicted molar refractivity (Wildman–Crippen MR) is 261 cm³/mol. The van der Waals surface area contributed by atoms with E-state index in [-0.39, 0.29) is 107 Å². The quantitative estimate of drug-likeness (QED) is 0.0666. The molecule has 0 amide bonds. The lowest BCUT2D eigenvalue weighted by Gasteiger charge is -2.20. The maximum Gasteiger partial charge on any atom is 0.335 e. The summed E-state index contributed by atoms with van der Waals surface area (Å²) >= 11 is 0. The van der Waals surface area contributed by atoms with Gasteiger partial charge in [-0.2, -0.15) is 0 Å². The molecule has 0 fully saturated rings. The standard InChI is InChI=1S/C56H44N4O12/c1-29-15-39(53(63)64)23-45(57-29)47-25-41(55(67)68)21-43(59-47)27-71-51-35-11-5-12-36(51)18-32-8-4-10-34(50(32)62)20-38-14-6-13-37(19-33-9-3-7-31(17-35)49(33)61)52(38)72-28-44-22-42(56(69)70)26-48(60-44)46-24-40(54(65)66)16-30(2)58-46/h3-16,21-26,61-62H,17-20,27-28H2,1-2H3,(H,63,64)(H,65,66)(H,67,68)(H,69,70). The van der Waals surface area contributed by atoms with Crippen LogP contribution in [0.4, 0.5) is 0 Å². The molecule has 6 N–H and O–H groups in total. The van der Waals surface area contributed by atoms with Crippen LogP contribution < -0.4 is 9.47 Å². The monoisotopic (exact) mass is 964 g/mol. The van der Waals surface area contributed by atoms with E-state index in [9.17, 15) is 49.8 Å². The van der Waals surface area contributed by atoms with Crippen LogP contribution in [0.25, 0.3) is 22.8 Å². The number of pyridine rings is 4. The first-order valence-electron chi connectivity index (χ1n) is 22.6. The molecule has 1 aliphatic carbocycles. The van der Waals surface area contributed by atoms with Gasteiger partial charge in [0.05, 0.1) is 56.4 Å². The Bertz CT molecular complexity index is 3200. The predicted octanol–water partition coefficient (Wildman–Crippen LogP) is 9.26. The molecule has 4 aromatic carbocycles. The van der Waals surface area contributed by atoms with Crippen molar-refractivity contribution in [2.75, 3.05) is 0 Å².